The molecule has 4 heteroatoms. The van der Waals surface area contributed by atoms with Gasteiger partial charge in [0.05, 0.1) is 0 Å². The largest absolute Gasteiger partial charge is 0.341 e. The van der Waals surface area contributed by atoms with Crippen molar-refractivity contribution >= 4 is 11.8 Å². The number of carbonyl (C=O) groups excluding carboxylic acids is 2. The maximum Gasteiger partial charge on any atom is 0.251 e. The molecule has 1 aromatic rings. The average Bonchev–Trinajstić information content (AvgIpc) is 2.98. The van der Waals surface area contributed by atoms with Crippen LogP contribution in [0.2, 0.25) is 0 Å². The van der Waals surface area contributed by atoms with Crippen molar-refractivity contribution in [2.24, 2.45) is 5.92 Å². The van der Waals surface area contributed by atoms with Crippen molar-refractivity contribution in [2.75, 3.05) is 13.1 Å². The first-order chi connectivity index (χ1) is 9.99. The van der Waals surface area contributed by atoms with Gasteiger partial charge in [0.25, 0.3) is 5.91 Å². The molecule has 0 aromatic heterocycles. The van der Waals surface area contributed by atoms with Gasteiger partial charge in [0.15, 0.2) is 0 Å². The minimum atomic E-state index is -0.447. The molecule has 1 unspecified atom stereocenters. The normalized spacial score (nSPS) is 16.1. The van der Waals surface area contributed by atoms with Crippen molar-refractivity contribution in [3.8, 4) is 0 Å². The molecule has 4 nitrogen and oxygen atoms in total. The van der Waals surface area contributed by atoms with E-state index in [-0.39, 0.29) is 17.7 Å². The minimum Gasteiger partial charge on any atom is -0.341 e. The number of hydrogen-bond acceptors (Lipinski definition) is 2. The van der Waals surface area contributed by atoms with E-state index in [1.54, 1.807) is 12.1 Å². The fraction of sp³-hybridized carbons (Fsp3) is 0.529. The average molecular weight is 288 g/mol. The van der Waals surface area contributed by atoms with E-state index in [1.165, 1.54) is 0 Å². The molecule has 1 aliphatic rings. The van der Waals surface area contributed by atoms with Gasteiger partial charge in [-0.2, -0.15) is 0 Å². The van der Waals surface area contributed by atoms with E-state index in [2.05, 4.69) is 5.32 Å². The lowest BCUT2D eigenvalue weighted by Crippen LogP contribution is -2.50. The van der Waals surface area contributed by atoms with E-state index in [9.17, 15) is 9.59 Å². The summed E-state index contributed by atoms with van der Waals surface area (Å²) < 4.78 is 0. The van der Waals surface area contributed by atoms with Gasteiger partial charge in [0.2, 0.25) is 5.91 Å². The topological polar surface area (TPSA) is 49.4 Å². The summed E-state index contributed by atoms with van der Waals surface area (Å²) in [7, 11) is 0. The fourth-order valence-corrected chi connectivity index (χ4v) is 2.58. The van der Waals surface area contributed by atoms with Crippen molar-refractivity contribution < 1.29 is 9.59 Å². The predicted octanol–water partition coefficient (Wildman–Crippen LogP) is 2.37. The van der Waals surface area contributed by atoms with Crippen LogP contribution in [0.25, 0.3) is 0 Å². The standard InChI is InChI=1S/C17H24N2O2/c1-12(2)15(17(21)19-10-4-5-11-19)18-16(20)14-8-6-13(3)7-9-14/h6-9,12,15H,4-5,10-11H2,1-3H3,(H,18,20). The Morgan fingerprint density at radius 3 is 2.19 bits per heavy atom. The molecule has 0 saturated carbocycles. The Labute approximate surface area is 126 Å². The Morgan fingerprint density at radius 1 is 1.10 bits per heavy atom. The van der Waals surface area contributed by atoms with E-state index in [0.29, 0.717) is 5.56 Å². The van der Waals surface area contributed by atoms with Crippen LogP contribution in [0.15, 0.2) is 24.3 Å². The molecule has 0 bridgehead atoms. The molecule has 1 N–H and O–H groups in total. The second-order valence-corrected chi connectivity index (χ2v) is 6.09. The Balaban J connectivity index is 2.06. The molecule has 0 aliphatic carbocycles. The summed E-state index contributed by atoms with van der Waals surface area (Å²) in [5.41, 5.74) is 1.71. The summed E-state index contributed by atoms with van der Waals surface area (Å²) in [5, 5.41) is 2.90. The van der Waals surface area contributed by atoms with Gasteiger partial charge in [-0.05, 0) is 37.8 Å². The molecule has 1 atom stereocenters. The number of benzene rings is 1. The van der Waals surface area contributed by atoms with Crippen LogP contribution in [-0.2, 0) is 4.79 Å². The van der Waals surface area contributed by atoms with E-state index in [4.69, 9.17) is 0 Å². The van der Waals surface area contributed by atoms with E-state index >= 15 is 0 Å². The smallest absolute Gasteiger partial charge is 0.251 e. The van der Waals surface area contributed by atoms with Crippen LogP contribution in [0.4, 0.5) is 0 Å². The molecule has 0 spiro atoms. The Morgan fingerprint density at radius 2 is 1.67 bits per heavy atom. The Bertz CT molecular complexity index is 502. The highest BCUT2D eigenvalue weighted by Crippen LogP contribution is 2.14. The first-order valence-electron chi connectivity index (χ1n) is 7.65. The Kier molecular flexibility index (Phi) is 4.99. The lowest BCUT2D eigenvalue weighted by Gasteiger charge is -2.26. The molecule has 1 aliphatic heterocycles. The number of amides is 2. The summed E-state index contributed by atoms with van der Waals surface area (Å²) in [6.07, 6.45) is 2.12. The van der Waals surface area contributed by atoms with Gasteiger partial charge in [0.1, 0.15) is 6.04 Å². The quantitative estimate of drug-likeness (QED) is 0.924. The first kappa shape index (κ1) is 15.5. The molecule has 1 saturated heterocycles. The van der Waals surface area contributed by atoms with Crippen molar-refractivity contribution in [3.05, 3.63) is 35.4 Å². The molecule has 114 valence electrons. The minimum absolute atomic E-state index is 0.0444. The summed E-state index contributed by atoms with van der Waals surface area (Å²) >= 11 is 0. The van der Waals surface area contributed by atoms with Gasteiger partial charge in [-0.1, -0.05) is 31.5 Å². The zero-order valence-corrected chi connectivity index (χ0v) is 13.1. The van der Waals surface area contributed by atoms with Crippen LogP contribution in [-0.4, -0.2) is 35.8 Å². The number of nitrogens with zero attached hydrogens (tertiary/aromatic N) is 1. The molecule has 2 rings (SSSR count). The lowest BCUT2D eigenvalue weighted by molar-refractivity contribution is -0.133. The molecule has 1 fully saturated rings. The molecular weight excluding hydrogens is 264 g/mol. The molecule has 2 amide bonds. The first-order valence-corrected chi connectivity index (χ1v) is 7.65. The van der Waals surface area contributed by atoms with E-state index in [0.717, 1.165) is 31.5 Å². The summed E-state index contributed by atoms with van der Waals surface area (Å²) in [6, 6.07) is 6.95. The second-order valence-electron chi connectivity index (χ2n) is 6.09. The van der Waals surface area contributed by atoms with E-state index < -0.39 is 6.04 Å². The lowest BCUT2D eigenvalue weighted by atomic mass is 10.0. The van der Waals surface area contributed by atoms with E-state index in [1.807, 2.05) is 37.8 Å². The third-order valence-corrected chi connectivity index (χ3v) is 3.95. The second kappa shape index (κ2) is 6.74. The third-order valence-electron chi connectivity index (χ3n) is 3.95. The number of hydrogen-bond donors (Lipinski definition) is 1. The molecule has 0 radical (unpaired) electrons. The number of likely N-dealkylation sites (tertiary alicyclic amines) is 1. The zero-order valence-electron chi connectivity index (χ0n) is 13.1. The predicted molar refractivity (Wildman–Crippen MR) is 83.1 cm³/mol. The van der Waals surface area contributed by atoms with Crippen LogP contribution >= 0.6 is 0 Å². The number of aryl methyl sites for hydroxylation is 1. The van der Waals surface area contributed by atoms with Crippen LogP contribution < -0.4 is 5.32 Å². The van der Waals surface area contributed by atoms with Gasteiger partial charge in [-0.25, -0.2) is 0 Å². The van der Waals surface area contributed by atoms with Gasteiger partial charge in [-0.15, -0.1) is 0 Å². The summed E-state index contributed by atoms with van der Waals surface area (Å²) in [6.45, 7) is 7.53. The van der Waals surface area contributed by atoms with Crippen molar-refractivity contribution in [1.29, 1.82) is 0 Å². The number of carbonyl (C=O) groups is 2. The number of nitrogens with one attached hydrogen (secondary N) is 1. The van der Waals surface area contributed by atoms with Crippen molar-refractivity contribution in [2.45, 2.75) is 39.7 Å². The van der Waals surface area contributed by atoms with Crippen molar-refractivity contribution in [1.82, 2.24) is 10.2 Å². The van der Waals surface area contributed by atoms with Gasteiger partial charge in [0, 0.05) is 18.7 Å². The SMILES string of the molecule is Cc1ccc(C(=O)NC(C(=O)N2CCCC2)C(C)C)cc1. The van der Waals surface area contributed by atoms with Gasteiger partial charge >= 0.3 is 0 Å². The fourth-order valence-electron chi connectivity index (χ4n) is 2.58. The Hall–Kier alpha value is -1.84. The highest BCUT2D eigenvalue weighted by molar-refractivity contribution is 5.97. The zero-order chi connectivity index (χ0) is 15.4. The van der Waals surface area contributed by atoms with Crippen LogP contribution in [0.3, 0.4) is 0 Å². The monoisotopic (exact) mass is 288 g/mol. The number of rotatable bonds is 4. The maximum absolute atomic E-state index is 12.5. The highest BCUT2D eigenvalue weighted by atomic mass is 16.2. The molecule has 21 heavy (non-hydrogen) atoms. The summed E-state index contributed by atoms with van der Waals surface area (Å²) in [5.74, 6) is -0.0586. The third kappa shape index (κ3) is 3.84. The highest BCUT2D eigenvalue weighted by Gasteiger charge is 2.30. The molecule has 1 aromatic carbocycles. The van der Waals surface area contributed by atoms with Gasteiger partial charge < -0.3 is 10.2 Å². The maximum atomic E-state index is 12.5. The van der Waals surface area contributed by atoms with Crippen molar-refractivity contribution in [3.63, 3.8) is 0 Å². The summed E-state index contributed by atoms with van der Waals surface area (Å²) in [4.78, 5) is 26.7. The van der Waals surface area contributed by atoms with Crippen LogP contribution in [0.5, 0.6) is 0 Å². The molecular formula is C17H24N2O2. The van der Waals surface area contributed by atoms with Gasteiger partial charge in [-0.3, -0.25) is 9.59 Å². The van der Waals surface area contributed by atoms with Crippen LogP contribution in [0, 0.1) is 12.8 Å². The molecule has 1 heterocycles. The van der Waals surface area contributed by atoms with Crippen LogP contribution in [0.1, 0.15) is 42.6 Å².